The van der Waals surface area contributed by atoms with E-state index in [2.05, 4.69) is 11.8 Å². The van der Waals surface area contributed by atoms with Crippen molar-refractivity contribution in [1.29, 1.82) is 0 Å². The molecular formula is C17H20FNO. The number of aromatic hydroxyl groups is 1. The number of halogens is 1. The maximum atomic E-state index is 13.7. The van der Waals surface area contributed by atoms with E-state index in [1.165, 1.54) is 6.07 Å². The summed E-state index contributed by atoms with van der Waals surface area (Å²) in [4.78, 5) is 2.15. The smallest absolute Gasteiger partial charge is 0.127 e. The Kier molecular flexibility index (Phi) is 5.13. The van der Waals surface area contributed by atoms with Gasteiger partial charge in [-0.2, -0.15) is 0 Å². The van der Waals surface area contributed by atoms with Gasteiger partial charge in [0.25, 0.3) is 0 Å². The van der Waals surface area contributed by atoms with Crippen LogP contribution in [0.25, 0.3) is 0 Å². The number of phenolic OH excluding ortho intramolecular Hbond substituents is 1. The van der Waals surface area contributed by atoms with E-state index in [0.717, 1.165) is 18.5 Å². The highest BCUT2D eigenvalue weighted by molar-refractivity contribution is 5.31. The molecule has 0 saturated heterocycles. The maximum absolute atomic E-state index is 13.7. The largest absolute Gasteiger partial charge is 0.508 e. The molecule has 2 aromatic carbocycles. The highest BCUT2D eigenvalue weighted by Crippen LogP contribution is 2.19. The number of hydrogen-bond acceptors (Lipinski definition) is 2. The average molecular weight is 273 g/mol. The van der Waals surface area contributed by atoms with E-state index >= 15 is 0 Å². The molecular weight excluding hydrogens is 253 g/mol. The van der Waals surface area contributed by atoms with Gasteiger partial charge in [0.2, 0.25) is 0 Å². The fraction of sp³-hybridized carbons (Fsp3) is 0.294. The van der Waals surface area contributed by atoms with Gasteiger partial charge in [-0.25, -0.2) is 4.39 Å². The molecule has 106 valence electrons. The first-order valence-corrected chi connectivity index (χ1v) is 6.93. The van der Waals surface area contributed by atoms with Crippen molar-refractivity contribution in [3.63, 3.8) is 0 Å². The summed E-state index contributed by atoms with van der Waals surface area (Å²) in [5.74, 6) is 0.119. The molecule has 0 radical (unpaired) electrons. The Morgan fingerprint density at radius 2 is 1.55 bits per heavy atom. The lowest BCUT2D eigenvalue weighted by molar-refractivity contribution is 0.250. The third-order valence-corrected chi connectivity index (χ3v) is 3.28. The molecule has 0 atom stereocenters. The van der Waals surface area contributed by atoms with Crippen molar-refractivity contribution in [2.45, 2.75) is 26.4 Å². The summed E-state index contributed by atoms with van der Waals surface area (Å²) in [7, 11) is 0. The predicted molar refractivity (Wildman–Crippen MR) is 78.9 cm³/mol. The number of para-hydroxylation sites is 1. The molecule has 2 aromatic rings. The molecule has 2 rings (SSSR count). The van der Waals surface area contributed by atoms with Crippen molar-refractivity contribution in [2.24, 2.45) is 0 Å². The quantitative estimate of drug-likeness (QED) is 0.861. The van der Waals surface area contributed by atoms with Gasteiger partial charge in [-0.1, -0.05) is 43.3 Å². The third-order valence-electron chi connectivity index (χ3n) is 3.28. The van der Waals surface area contributed by atoms with Gasteiger partial charge in [-0.3, -0.25) is 4.90 Å². The fourth-order valence-corrected chi connectivity index (χ4v) is 2.28. The summed E-state index contributed by atoms with van der Waals surface area (Å²) in [5.41, 5.74) is 1.56. The van der Waals surface area contributed by atoms with E-state index in [-0.39, 0.29) is 5.82 Å². The molecule has 0 saturated carbocycles. The van der Waals surface area contributed by atoms with Crippen LogP contribution < -0.4 is 0 Å². The second kappa shape index (κ2) is 7.06. The lowest BCUT2D eigenvalue weighted by Gasteiger charge is -2.22. The number of phenols is 1. The Hall–Kier alpha value is -1.87. The molecule has 2 nitrogen and oxygen atoms in total. The highest BCUT2D eigenvalue weighted by atomic mass is 19.1. The summed E-state index contributed by atoms with van der Waals surface area (Å²) < 4.78 is 13.7. The van der Waals surface area contributed by atoms with Crippen molar-refractivity contribution in [2.75, 3.05) is 6.54 Å². The van der Waals surface area contributed by atoms with Gasteiger partial charge in [0.1, 0.15) is 11.6 Å². The molecule has 0 aliphatic rings. The van der Waals surface area contributed by atoms with Gasteiger partial charge in [0.15, 0.2) is 0 Å². The lowest BCUT2D eigenvalue weighted by atomic mass is 10.1. The third kappa shape index (κ3) is 3.81. The minimum Gasteiger partial charge on any atom is -0.508 e. The molecule has 0 spiro atoms. The summed E-state index contributed by atoms with van der Waals surface area (Å²) in [6.07, 6.45) is 0.988. The van der Waals surface area contributed by atoms with E-state index in [1.807, 2.05) is 24.3 Å². The summed E-state index contributed by atoms with van der Waals surface area (Å²) >= 11 is 0. The first-order chi connectivity index (χ1) is 9.70. The van der Waals surface area contributed by atoms with Crippen LogP contribution in [0.5, 0.6) is 5.75 Å². The van der Waals surface area contributed by atoms with Crippen LogP contribution in [0.4, 0.5) is 4.39 Å². The molecule has 0 bridgehead atoms. The van der Waals surface area contributed by atoms with Gasteiger partial charge in [0, 0.05) is 24.2 Å². The van der Waals surface area contributed by atoms with Gasteiger partial charge in [0.05, 0.1) is 0 Å². The molecule has 0 heterocycles. The first-order valence-electron chi connectivity index (χ1n) is 6.93. The minimum atomic E-state index is -0.175. The SMILES string of the molecule is CCCN(Cc1ccccc1O)Cc1ccccc1F. The zero-order chi connectivity index (χ0) is 14.4. The normalized spacial score (nSPS) is 10.9. The van der Waals surface area contributed by atoms with E-state index in [0.29, 0.717) is 24.4 Å². The second-order valence-electron chi connectivity index (χ2n) is 4.93. The molecule has 0 aromatic heterocycles. The zero-order valence-corrected chi connectivity index (χ0v) is 11.7. The van der Waals surface area contributed by atoms with E-state index in [9.17, 15) is 9.50 Å². The van der Waals surface area contributed by atoms with E-state index in [4.69, 9.17) is 0 Å². The van der Waals surface area contributed by atoms with Crippen LogP contribution >= 0.6 is 0 Å². The van der Waals surface area contributed by atoms with Crippen LogP contribution in [-0.4, -0.2) is 16.6 Å². The fourth-order valence-electron chi connectivity index (χ4n) is 2.28. The Morgan fingerprint density at radius 1 is 0.950 bits per heavy atom. The first kappa shape index (κ1) is 14.5. The number of nitrogens with zero attached hydrogens (tertiary/aromatic N) is 1. The van der Waals surface area contributed by atoms with Crippen LogP contribution in [0, 0.1) is 5.82 Å². The molecule has 20 heavy (non-hydrogen) atoms. The minimum absolute atomic E-state index is 0.175. The molecule has 0 aliphatic carbocycles. The molecule has 1 N–H and O–H groups in total. The topological polar surface area (TPSA) is 23.5 Å². The summed E-state index contributed by atoms with van der Waals surface area (Å²) in [5, 5.41) is 9.85. The van der Waals surface area contributed by atoms with Gasteiger partial charge in [-0.05, 0) is 25.1 Å². The van der Waals surface area contributed by atoms with Crippen molar-refractivity contribution >= 4 is 0 Å². The summed E-state index contributed by atoms with van der Waals surface area (Å²) in [6.45, 7) is 4.13. The molecule has 3 heteroatoms. The Morgan fingerprint density at radius 3 is 2.20 bits per heavy atom. The van der Waals surface area contributed by atoms with Crippen molar-refractivity contribution in [3.05, 3.63) is 65.5 Å². The second-order valence-corrected chi connectivity index (χ2v) is 4.93. The Bertz CT molecular complexity index is 509. The molecule has 0 aliphatic heterocycles. The van der Waals surface area contributed by atoms with Gasteiger partial charge < -0.3 is 5.11 Å². The monoisotopic (exact) mass is 273 g/mol. The molecule has 0 fully saturated rings. The number of rotatable bonds is 6. The highest BCUT2D eigenvalue weighted by Gasteiger charge is 2.11. The lowest BCUT2D eigenvalue weighted by Crippen LogP contribution is -2.24. The summed E-state index contributed by atoms with van der Waals surface area (Å²) in [6, 6.07) is 14.1. The van der Waals surface area contributed by atoms with Crippen molar-refractivity contribution in [1.82, 2.24) is 4.90 Å². The average Bonchev–Trinajstić information content (AvgIpc) is 2.44. The van der Waals surface area contributed by atoms with Gasteiger partial charge >= 0.3 is 0 Å². The van der Waals surface area contributed by atoms with Crippen LogP contribution in [0.3, 0.4) is 0 Å². The standard InChI is InChI=1S/C17H20FNO/c1-2-11-19(12-14-7-3-5-9-16(14)18)13-15-8-4-6-10-17(15)20/h3-10,20H,2,11-13H2,1H3. The van der Waals surface area contributed by atoms with Gasteiger partial charge in [-0.15, -0.1) is 0 Å². The van der Waals surface area contributed by atoms with Crippen LogP contribution in [0.1, 0.15) is 24.5 Å². The van der Waals surface area contributed by atoms with Crippen LogP contribution in [0.15, 0.2) is 48.5 Å². The van der Waals surface area contributed by atoms with Crippen LogP contribution in [-0.2, 0) is 13.1 Å². The van der Waals surface area contributed by atoms with E-state index in [1.54, 1.807) is 18.2 Å². The number of hydrogen-bond donors (Lipinski definition) is 1. The predicted octanol–water partition coefficient (Wildman–Crippen LogP) is 3.94. The number of benzene rings is 2. The Labute approximate surface area is 119 Å². The zero-order valence-electron chi connectivity index (χ0n) is 11.7. The maximum Gasteiger partial charge on any atom is 0.127 e. The van der Waals surface area contributed by atoms with E-state index < -0.39 is 0 Å². The molecule has 0 amide bonds. The Balaban J connectivity index is 2.12. The molecule has 0 unspecified atom stereocenters. The van der Waals surface area contributed by atoms with Crippen molar-refractivity contribution < 1.29 is 9.50 Å². The van der Waals surface area contributed by atoms with Crippen LogP contribution in [0.2, 0.25) is 0 Å². The van der Waals surface area contributed by atoms with Crippen molar-refractivity contribution in [3.8, 4) is 5.75 Å².